The topological polar surface area (TPSA) is 79.4 Å². The minimum absolute atomic E-state index is 0.123. The molecule has 0 bridgehead atoms. The number of aliphatic hydroxyl groups is 1. The number of hydrogen-bond donors (Lipinski definition) is 3. The highest BCUT2D eigenvalue weighted by Gasteiger charge is 2.20. The van der Waals surface area contributed by atoms with Crippen molar-refractivity contribution in [3.05, 3.63) is 17.3 Å². The summed E-state index contributed by atoms with van der Waals surface area (Å²) in [7, 11) is 0. The van der Waals surface area contributed by atoms with Gasteiger partial charge in [0.15, 0.2) is 11.6 Å². The smallest absolute Gasteiger partial charge is 0.267 e. The molecule has 0 unspecified atom stereocenters. The molecule has 1 aromatic heterocycles. The molecule has 4 N–H and O–H groups in total. The third kappa shape index (κ3) is 1.67. The van der Waals surface area contributed by atoms with Crippen molar-refractivity contribution in [3.8, 4) is 5.75 Å². The van der Waals surface area contributed by atoms with Gasteiger partial charge < -0.3 is 15.9 Å². The van der Waals surface area contributed by atoms with Crippen molar-refractivity contribution in [2.45, 2.75) is 13.0 Å². The average Bonchev–Trinajstić information content (AvgIpc) is 2.08. The zero-order chi connectivity index (χ0) is 10.0. The molecule has 0 amide bonds. The second-order valence-corrected chi connectivity index (χ2v) is 2.39. The molecule has 1 aromatic rings. The summed E-state index contributed by atoms with van der Waals surface area (Å²) in [4.78, 5) is 3.43. The van der Waals surface area contributed by atoms with E-state index in [1.807, 2.05) is 0 Å². The molecule has 0 atom stereocenters. The van der Waals surface area contributed by atoms with Gasteiger partial charge in [-0.1, -0.05) is 0 Å². The van der Waals surface area contributed by atoms with Crippen LogP contribution >= 0.6 is 0 Å². The molecular formula is C7H8F2N2O2. The third-order valence-corrected chi connectivity index (χ3v) is 1.59. The first-order chi connectivity index (χ1) is 6.07. The quantitative estimate of drug-likeness (QED) is 0.644. The van der Waals surface area contributed by atoms with Gasteiger partial charge in [-0.15, -0.1) is 0 Å². The lowest BCUT2D eigenvalue weighted by Gasteiger charge is -2.09. The molecule has 0 fully saturated rings. The zero-order valence-electron chi connectivity index (χ0n) is 6.54. The van der Waals surface area contributed by atoms with E-state index in [1.165, 1.54) is 0 Å². The fourth-order valence-corrected chi connectivity index (χ4v) is 0.938. The van der Waals surface area contributed by atoms with Crippen molar-refractivity contribution >= 4 is 5.82 Å². The van der Waals surface area contributed by atoms with Crippen LogP contribution in [0.3, 0.4) is 0 Å². The van der Waals surface area contributed by atoms with E-state index in [-0.39, 0.29) is 11.4 Å². The van der Waals surface area contributed by atoms with Crippen molar-refractivity contribution in [1.82, 2.24) is 4.98 Å². The SMILES string of the molecule is Nc1ncc(CO)c(C(F)F)c1O. The van der Waals surface area contributed by atoms with Crippen molar-refractivity contribution < 1.29 is 19.0 Å². The molecular weight excluding hydrogens is 182 g/mol. The first-order valence-corrected chi connectivity index (χ1v) is 3.43. The first-order valence-electron chi connectivity index (χ1n) is 3.43. The molecule has 0 spiro atoms. The molecule has 72 valence electrons. The largest absolute Gasteiger partial charge is 0.504 e. The number of alkyl halides is 2. The van der Waals surface area contributed by atoms with Gasteiger partial charge in [-0.2, -0.15) is 0 Å². The Morgan fingerprint density at radius 1 is 1.54 bits per heavy atom. The number of nitrogens with two attached hydrogens (primary N) is 1. The first kappa shape index (κ1) is 9.66. The Hall–Kier alpha value is -1.43. The summed E-state index contributed by atoms with van der Waals surface area (Å²) in [5.74, 6) is -1.13. The second-order valence-electron chi connectivity index (χ2n) is 2.39. The third-order valence-electron chi connectivity index (χ3n) is 1.59. The van der Waals surface area contributed by atoms with Crippen LogP contribution in [-0.4, -0.2) is 15.2 Å². The van der Waals surface area contributed by atoms with Crippen LogP contribution in [0, 0.1) is 0 Å². The Bertz CT molecular complexity index is 318. The van der Waals surface area contributed by atoms with E-state index in [0.29, 0.717) is 0 Å². The Balaban J connectivity index is 3.32. The number of pyridine rings is 1. The normalized spacial score (nSPS) is 10.8. The Kier molecular flexibility index (Phi) is 2.62. The predicted molar refractivity (Wildman–Crippen MR) is 41.2 cm³/mol. The van der Waals surface area contributed by atoms with Gasteiger partial charge in [-0.3, -0.25) is 0 Å². The highest BCUT2D eigenvalue weighted by molar-refractivity contribution is 5.53. The summed E-state index contributed by atoms with van der Waals surface area (Å²) < 4.78 is 24.6. The van der Waals surface area contributed by atoms with Crippen LogP contribution in [-0.2, 0) is 6.61 Å². The molecule has 0 aliphatic rings. The number of rotatable bonds is 2. The number of anilines is 1. The predicted octanol–water partition coefficient (Wildman–Crippen LogP) is 0.799. The van der Waals surface area contributed by atoms with E-state index in [1.54, 1.807) is 0 Å². The molecule has 0 aromatic carbocycles. The van der Waals surface area contributed by atoms with Gasteiger partial charge in [-0.05, 0) is 0 Å². The van der Waals surface area contributed by atoms with E-state index in [0.717, 1.165) is 6.20 Å². The summed E-state index contributed by atoms with van der Waals surface area (Å²) >= 11 is 0. The Labute approximate surface area is 72.6 Å². The van der Waals surface area contributed by atoms with Crippen LogP contribution in [0.15, 0.2) is 6.20 Å². The molecule has 0 saturated carbocycles. The van der Waals surface area contributed by atoms with Gasteiger partial charge in [0.25, 0.3) is 6.43 Å². The molecule has 0 saturated heterocycles. The van der Waals surface area contributed by atoms with Gasteiger partial charge in [0.1, 0.15) is 0 Å². The number of nitrogens with zero attached hydrogens (tertiary/aromatic N) is 1. The fourth-order valence-electron chi connectivity index (χ4n) is 0.938. The van der Waals surface area contributed by atoms with E-state index >= 15 is 0 Å². The van der Waals surface area contributed by atoms with Gasteiger partial charge in [0.2, 0.25) is 0 Å². The Morgan fingerprint density at radius 2 is 2.15 bits per heavy atom. The standard InChI is InChI=1S/C7H8F2N2O2/c8-6(9)4-3(2-12)1-11-7(10)5(4)13/h1,6,12-13H,2H2,(H2,10,11). The van der Waals surface area contributed by atoms with Crippen molar-refractivity contribution in [3.63, 3.8) is 0 Å². The summed E-state index contributed by atoms with van der Waals surface area (Å²) in [5, 5.41) is 17.8. The van der Waals surface area contributed by atoms with E-state index in [4.69, 9.17) is 15.9 Å². The molecule has 0 aliphatic carbocycles. The van der Waals surface area contributed by atoms with Crippen molar-refractivity contribution in [1.29, 1.82) is 0 Å². The van der Waals surface area contributed by atoms with Crippen molar-refractivity contribution in [2.75, 3.05) is 5.73 Å². The summed E-state index contributed by atoms with van der Waals surface area (Å²) in [5.41, 5.74) is 4.33. The number of hydrogen-bond acceptors (Lipinski definition) is 4. The van der Waals surface area contributed by atoms with Crippen molar-refractivity contribution in [2.24, 2.45) is 0 Å². The van der Waals surface area contributed by atoms with E-state index in [9.17, 15) is 8.78 Å². The zero-order valence-corrected chi connectivity index (χ0v) is 6.54. The van der Waals surface area contributed by atoms with Gasteiger partial charge in [0.05, 0.1) is 12.2 Å². The summed E-state index contributed by atoms with van der Waals surface area (Å²) in [6, 6.07) is 0. The van der Waals surface area contributed by atoms with Gasteiger partial charge >= 0.3 is 0 Å². The maximum atomic E-state index is 12.3. The molecule has 6 heteroatoms. The molecule has 0 radical (unpaired) electrons. The number of halogens is 2. The Morgan fingerprint density at radius 3 is 2.62 bits per heavy atom. The highest BCUT2D eigenvalue weighted by Crippen LogP contribution is 2.34. The van der Waals surface area contributed by atoms with Crippen LogP contribution in [0.5, 0.6) is 5.75 Å². The molecule has 13 heavy (non-hydrogen) atoms. The van der Waals surface area contributed by atoms with Gasteiger partial charge in [-0.25, -0.2) is 13.8 Å². The molecule has 0 aliphatic heterocycles. The lowest BCUT2D eigenvalue weighted by molar-refractivity contribution is 0.143. The fraction of sp³-hybridized carbons (Fsp3) is 0.286. The maximum Gasteiger partial charge on any atom is 0.267 e. The monoisotopic (exact) mass is 190 g/mol. The number of aliphatic hydroxyl groups excluding tert-OH is 1. The van der Waals surface area contributed by atoms with E-state index < -0.39 is 24.3 Å². The molecule has 1 rings (SSSR count). The number of aromatic nitrogens is 1. The van der Waals surface area contributed by atoms with Crippen LogP contribution in [0.4, 0.5) is 14.6 Å². The second kappa shape index (κ2) is 3.53. The molecule has 1 heterocycles. The van der Waals surface area contributed by atoms with Gasteiger partial charge in [0, 0.05) is 11.8 Å². The van der Waals surface area contributed by atoms with Crippen LogP contribution < -0.4 is 5.73 Å². The number of aromatic hydroxyl groups is 1. The minimum Gasteiger partial charge on any atom is -0.504 e. The molecule has 4 nitrogen and oxygen atoms in total. The highest BCUT2D eigenvalue weighted by atomic mass is 19.3. The number of nitrogen functional groups attached to an aromatic ring is 1. The van der Waals surface area contributed by atoms with Crippen LogP contribution in [0.2, 0.25) is 0 Å². The van der Waals surface area contributed by atoms with Crippen LogP contribution in [0.25, 0.3) is 0 Å². The van der Waals surface area contributed by atoms with Crippen LogP contribution in [0.1, 0.15) is 17.6 Å². The minimum atomic E-state index is -2.88. The maximum absolute atomic E-state index is 12.3. The van der Waals surface area contributed by atoms with E-state index in [2.05, 4.69) is 4.98 Å². The average molecular weight is 190 g/mol. The lowest BCUT2D eigenvalue weighted by Crippen LogP contribution is -2.01. The summed E-state index contributed by atoms with van der Waals surface area (Å²) in [6.07, 6.45) is -1.87. The summed E-state index contributed by atoms with van der Waals surface area (Å²) in [6.45, 7) is -0.611. The lowest BCUT2D eigenvalue weighted by atomic mass is 10.1.